The van der Waals surface area contributed by atoms with Gasteiger partial charge in [-0.05, 0) is 35.9 Å². The molecule has 0 fully saturated rings. The van der Waals surface area contributed by atoms with Crippen molar-refractivity contribution in [2.24, 2.45) is 0 Å². The highest BCUT2D eigenvalue weighted by atomic mass is 16.6. The number of aromatic nitrogens is 1. The summed E-state index contributed by atoms with van der Waals surface area (Å²) in [4.78, 5) is 26.2. The van der Waals surface area contributed by atoms with E-state index < -0.39 is 4.92 Å². The van der Waals surface area contributed by atoms with Crippen LogP contribution in [0.15, 0.2) is 66.9 Å². The van der Waals surface area contributed by atoms with Gasteiger partial charge in [0.15, 0.2) is 0 Å². The molecule has 1 heterocycles. The highest BCUT2D eigenvalue weighted by Crippen LogP contribution is 2.22. The normalized spacial score (nSPS) is 10.3. The van der Waals surface area contributed by atoms with E-state index in [0.717, 1.165) is 10.9 Å². The van der Waals surface area contributed by atoms with Gasteiger partial charge in [0, 0.05) is 29.8 Å². The van der Waals surface area contributed by atoms with Crippen LogP contribution >= 0.6 is 0 Å². The fourth-order valence-electron chi connectivity index (χ4n) is 2.49. The molecule has 3 aromatic rings. The first kappa shape index (κ1) is 19.6. The minimum atomic E-state index is -0.473. The van der Waals surface area contributed by atoms with E-state index in [-0.39, 0.29) is 24.7 Å². The van der Waals surface area contributed by atoms with Crippen molar-refractivity contribution in [1.82, 2.24) is 10.3 Å². The van der Waals surface area contributed by atoms with E-state index >= 15 is 0 Å². The molecule has 0 spiro atoms. The van der Waals surface area contributed by atoms with Crippen molar-refractivity contribution in [2.75, 3.05) is 13.2 Å². The average molecular weight is 387 g/mol. The second kappa shape index (κ2) is 9.67. The number of ether oxygens (including phenoxy) is 1. The number of carbonyl (C=O) groups is 1. The maximum atomic E-state index is 11.8. The second-order valence-electron chi connectivity index (χ2n) is 5.87. The summed E-state index contributed by atoms with van der Waals surface area (Å²) in [6.45, 7) is 0.366. The number of amides is 1. The van der Waals surface area contributed by atoms with Crippen LogP contribution in [-0.4, -0.2) is 29.0 Å². The summed E-state index contributed by atoms with van der Waals surface area (Å²) in [6, 6.07) is 15.4. The third-order valence-electron chi connectivity index (χ3n) is 3.90. The van der Waals surface area contributed by atoms with Crippen molar-refractivity contribution < 1.29 is 14.5 Å². The van der Waals surface area contributed by atoms with Gasteiger partial charge in [0.1, 0.15) is 17.9 Å². The summed E-state index contributed by atoms with van der Waals surface area (Å²) in [5.74, 6) is 6.01. The van der Waals surface area contributed by atoms with Crippen LogP contribution in [-0.2, 0) is 4.79 Å². The Labute approximate surface area is 167 Å². The van der Waals surface area contributed by atoms with E-state index in [1.165, 1.54) is 18.2 Å². The molecule has 0 atom stereocenters. The molecule has 0 radical (unpaired) electrons. The van der Waals surface area contributed by atoms with Gasteiger partial charge in [0.2, 0.25) is 5.91 Å². The molecule has 0 aliphatic heterocycles. The van der Waals surface area contributed by atoms with Gasteiger partial charge < -0.3 is 10.1 Å². The number of benzene rings is 2. The Bertz CT molecular complexity index is 1110. The maximum absolute atomic E-state index is 11.8. The molecule has 7 heteroatoms. The van der Waals surface area contributed by atoms with Crippen molar-refractivity contribution in [3.63, 3.8) is 0 Å². The number of nitrogens with one attached hydrogen (secondary N) is 1. The molecule has 0 aliphatic carbocycles. The van der Waals surface area contributed by atoms with Crippen molar-refractivity contribution >= 4 is 28.6 Å². The summed E-state index contributed by atoms with van der Waals surface area (Å²) in [5, 5.41) is 14.2. The summed E-state index contributed by atoms with van der Waals surface area (Å²) in [7, 11) is 0. The third-order valence-corrected chi connectivity index (χ3v) is 3.90. The molecule has 0 bridgehead atoms. The predicted octanol–water partition coefficient (Wildman–Crippen LogP) is 3.35. The molecule has 3 rings (SSSR count). The van der Waals surface area contributed by atoms with Gasteiger partial charge in [-0.15, -0.1) is 0 Å². The lowest BCUT2D eigenvalue weighted by Crippen LogP contribution is -2.21. The minimum Gasteiger partial charge on any atom is -0.479 e. The van der Waals surface area contributed by atoms with E-state index in [4.69, 9.17) is 4.74 Å². The highest BCUT2D eigenvalue weighted by molar-refractivity contribution is 5.91. The van der Waals surface area contributed by atoms with E-state index in [2.05, 4.69) is 22.1 Å². The monoisotopic (exact) mass is 387 g/mol. The van der Waals surface area contributed by atoms with Crippen molar-refractivity contribution in [3.8, 4) is 17.6 Å². The lowest BCUT2D eigenvalue weighted by molar-refractivity contribution is -0.384. The lowest BCUT2D eigenvalue weighted by atomic mass is 10.2. The van der Waals surface area contributed by atoms with E-state index in [0.29, 0.717) is 11.3 Å². The Hall–Kier alpha value is -4.18. The number of non-ortho nitro benzene ring substituents is 1. The predicted molar refractivity (Wildman–Crippen MR) is 110 cm³/mol. The summed E-state index contributed by atoms with van der Waals surface area (Å²) < 4.78 is 5.65. The van der Waals surface area contributed by atoms with Crippen LogP contribution < -0.4 is 10.1 Å². The Kier molecular flexibility index (Phi) is 6.53. The minimum absolute atomic E-state index is 0.00313. The fraction of sp³-hybridized carbons (Fsp3) is 0.0909. The summed E-state index contributed by atoms with van der Waals surface area (Å²) in [6.07, 6.45) is 4.63. The summed E-state index contributed by atoms with van der Waals surface area (Å²) in [5.41, 5.74) is 1.47. The second-order valence-corrected chi connectivity index (χ2v) is 5.87. The van der Waals surface area contributed by atoms with Crippen LogP contribution in [0.3, 0.4) is 0 Å². The van der Waals surface area contributed by atoms with Crippen molar-refractivity contribution in [1.29, 1.82) is 0 Å². The number of hydrogen-bond donors (Lipinski definition) is 1. The SMILES string of the molecule is O=C(/C=C/c1ccc([N+](=O)[O-])cc1)NCC#CCOc1cccc2cccnc12. The molecule has 7 nitrogen and oxygen atoms in total. The molecule has 1 amide bonds. The standard InChI is InChI=1S/C22H17N3O4/c26-21(13-10-17-8-11-19(12-9-17)25(27)28)23-14-1-2-16-29-20-7-3-5-18-6-4-15-24-22(18)20/h3-13,15H,14,16H2,(H,23,26)/b13-10+. The fourth-order valence-corrected chi connectivity index (χ4v) is 2.49. The molecule has 0 aliphatic rings. The number of para-hydroxylation sites is 1. The molecule has 0 unspecified atom stereocenters. The molecule has 1 aromatic heterocycles. The summed E-state index contributed by atoms with van der Waals surface area (Å²) >= 11 is 0. The zero-order chi connectivity index (χ0) is 20.5. The van der Waals surface area contributed by atoms with Gasteiger partial charge in [-0.3, -0.25) is 19.9 Å². The van der Waals surface area contributed by atoms with Gasteiger partial charge >= 0.3 is 0 Å². The van der Waals surface area contributed by atoms with Crippen LogP contribution in [0.1, 0.15) is 5.56 Å². The first-order valence-corrected chi connectivity index (χ1v) is 8.76. The van der Waals surface area contributed by atoms with Crippen LogP contribution in [0.5, 0.6) is 5.75 Å². The number of nitro benzene ring substituents is 1. The number of carbonyl (C=O) groups excluding carboxylic acids is 1. The van der Waals surface area contributed by atoms with Crippen LogP contribution in [0, 0.1) is 22.0 Å². The Morgan fingerprint density at radius 2 is 1.93 bits per heavy atom. The quantitative estimate of drug-likeness (QED) is 0.303. The van der Waals surface area contributed by atoms with E-state index in [9.17, 15) is 14.9 Å². The Morgan fingerprint density at radius 3 is 2.72 bits per heavy atom. The lowest BCUT2D eigenvalue weighted by Gasteiger charge is -2.05. The molecule has 29 heavy (non-hydrogen) atoms. The smallest absolute Gasteiger partial charge is 0.269 e. The number of fused-ring (bicyclic) bond motifs is 1. The molecule has 2 aromatic carbocycles. The third kappa shape index (κ3) is 5.65. The maximum Gasteiger partial charge on any atom is 0.269 e. The van der Waals surface area contributed by atoms with Crippen LogP contribution in [0.2, 0.25) is 0 Å². The molecule has 0 saturated heterocycles. The van der Waals surface area contributed by atoms with Crippen molar-refractivity contribution in [2.45, 2.75) is 0 Å². The number of nitro groups is 1. The number of hydrogen-bond acceptors (Lipinski definition) is 5. The molecule has 0 saturated carbocycles. The molecule has 1 N–H and O–H groups in total. The van der Waals surface area contributed by atoms with E-state index in [1.54, 1.807) is 24.4 Å². The van der Waals surface area contributed by atoms with Crippen LogP contribution in [0.25, 0.3) is 17.0 Å². The topological polar surface area (TPSA) is 94.4 Å². The molecular weight excluding hydrogens is 370 g/mol. The average Bonchev–Trinajstić information content (AvgIpc) is 2.75. The largest absolute Gasteiger partial charge is 0.479 e. The van der Waals surface area contributed by atoms with Gasteiger partial charge in [-0.1, -0.05) is 30.0 Å². The zero-order valence-electron chi connectivity index (χ0n) is 15.4. The Balaban J connectivity index is 1.43. The van der Waals surface area contributed by atoms with Crippen molar-refractivity contribution in [3.05, 3.63) is 82.5 Å². The van der Waals surface area contributed by atoms with E-state index in [1.807, 2.05) is 30.3 Å². The van der Waals surface area contributed by atoms with Gasteiger partial charge in [-0.2, -0.15) is 0 Å². The first-order valence-electron chi connectivity index (χ1n) is 8.76. The molecule has 144 valence electrons. The molecular formula is C22H17N3O4. The Morgan fingerprint density at radius 1 is 1.14 bits per heavy atom. The number of rotatable bonds is 6. The first-order chi connectivity index (χ1) is 14.1. The highest BCUT2D eigenvalue weighted by Gasteiger charge is 2.03. The van der Waals surface area contributed by atoms with Gasteiger partial charge in [0.05, 0.1) is 11.5 Å². The number of pyridine rings is 1. The number of nitrogens with zero attached hydrogens (tertiary/aromatic N) is 2. The van der Waals surface area contributed by atoms with Gasteiger partial charge in [-0.25, -0.2) is 0 Å². The van der Waals surface area contributed by atoms with Crippen LogP contribution in [0.4, 0.5) is 5.69 Å². The zero-order valence-corrected chi connectivity index (χ0v) is 15.4. The van der Waals surface area contributed by atoms with Gasteiger partial charge in [0.25, 0.3) is 5.69 Å².